The van der Waals surface area contributed by atoms with Gasteiger partial charge in [-0.1, -0.05) is 13.8 Å². The van der Waals surface area contributed by atoms with E-state index >= 15 is 0 Å². The van der Waals surface area contributed by atoms with Crippen LogP contribution in [0, 0.1) is 23.2 Å². The molecule has 0 aromatic heterocycles. The van der Waals surface area contributed by atoms with Crippen LogP contribution in [0.25, 0.3) is 0 Å². The van der Waals surface area contributed by atoms with E-state index in [0.29, 0.717) is 12.1 Å². The monoisotopic (exact) mass is 236 g/mol. The zero-order valence-corrected chi connectivity index (χ0v) is 11.1. The molecule has 0 spiro atoms. The predicted molar refractivity (Wildman–Crippen MR) is 67.5 cm³/mol. The van der Waals surface area contributed by atoms with Crippen molar-refractivity contribution in [2.45, 2.75) is 51.6 Å². The van der Waals surface area contributed by atoms with Crippen molar-refractivity contribution >= 4 is 0 Å². The van der Waals surface area contributed by atoms with Gasteiger partial charge in [0, 0.05) is 18.6 Å². The van der Waals surface area contributed by atoms with Crippen molar-refractivity contribution in [3.05, 3.63) is 0 Å². The number of hydrogen-bond donors (Lipinski definition) is 0. The van der Waals surface area contributed by atoms with Gasteiger partial charge in [0.25, 0.3) is 0 Å². The van der Waals surface area contributed by atoms with Gasteiger partial charge in [0.2, 0.25) is 0 Å². The molecule has 2 aliphatic rings. The van der Waals surface area contributed by atoms with Crippen molar-refractivity contribution in [3.8, 4) is 6.07 Å². The van der Waals surface area contributed by atoms with Crippen LogP contribution in [0.15, 0.2) is 0 Å². The van der Waals surface area contributed by atoms with Crippen LogP contribution < -0.4 is 0 Å². The summed E-state index contributed by atoms with van der Waals surface area (Å²) in [6, 6.07) is 3.53. The Labute approximate surface area is 105 Å². The summed E-state index contributed by atoms with van der Waals surface area (Å²) >= 11 is 0. The number of morpholine rings is 1. The fraction of sp³-hybridized carbons (Fsp3) is 0.929. The smallest absolute Gasteiger partial charge is 0.0672 e. The molecule has 4 unspecified atom stereocenters. The first-order valence-electron chi connectivity index (χ1n) is 6.99. The summed E-state index contributed by atoms with van der Waals surface area (Å²) in [6.45, 7) is 7.23. The van der Waals surface area contributed by atoms with Crippen molar-refractivity contribution in [2.24, 2.45) is 11.8 Å². The maximum atomic E-state index is 9.33. The molecule has 1 aliphatic heterocycles. The lowest BCUT2D eigenvalue weighted by Crippen LogP contribution is -2.54. The van der Waals surface area contributed by atoms with Crippen molar-refractivity contribution < 1.29 is 4.74 Å². The van der Waals surface area contributed by atoms with Gasteiger partial charge in [-0.2, -0.15) is 5.26 Å². The van der Waals surface area contributed by atoms with Gasteiger partial charge in [-0.25, -0.2) is 0 Å². The summed E-state index contributed by atoms with van der Waals surface area (Å²) in [7, 11) is 0. The number of nitrogens with zero attached hydrogens (tertiary/aromatic N) is 2. The Morgan fingerprint density at radius 3 is 2.94 bits per heavy atom. The first-order valence-corrected chi connectivity index (χ1v) is 6.99. The summed E-state index contributed by atoms with van der Waals surface area (Å²) in [4.78, 5) is 2.56. The van der Waals surface area contributed by atoms with Gasteiger partial charge in [0.1, 0.15) is 0 Å². The normalized spacial score (nSPS) is 39.8. The van der Waals surface area contributed by atoms with Crippen LogP contribution in [-0.4, -0.2) is 36.7 Å². The van der Waals surface area contributed by atoms with Gasteiger partial charge in [-0.3, -0.25) is 4.90 Å². The quantitative estimate of drug-likeness (QED) is 0.739. The summed E-state index contributed by atoms with van der Waals surface area (Å²) in [5, 5.41) is 9.33. The van der Waals surface area contributed by atoms with E-state index in [0.717, 1.165) is 38.5 Å². The lowest BCUT2D eigenvalue weighted by atomic mass is 9.78. The van der Waals surface area contributed by atoms with E-state index in [-0.39, 0.29) is 5.92 Å². The minimum atomic E-state index is 0.235. The van der Waals surface area contributed by atoms with Crippen LogP contribution in [0.3, 0.4) is 0 Å². The maximum Gasteiger partial charge on any atom is 0.0672 e. The maximum absolute atomic E-state index is 9.33. The number of ether oxygens (including phenoxy) is 1. The summed E-state index contributed by atoms with van der Waals surface area (Å²) < 4.78 is 5.57. The molecule has 2 fully saturated rings. The van der Waals surface area contributed by atoms with E-state index in [1.54, 1.807) is 0 Å². The average Bonchev–Trinajstić information content (AvgIpc) is 2.38. The molecule has 0 bridgehead atoms. The standard InChI is InChI=1S/C14H24N2O/c1-3-13-10-17-7-6-16(13)14-8-11(2)4-5-12(14)9-15/h11-14H,3-8,10H2,1-2H3. The molecule has 3 nitrogen and oxygen atoms in total. The lowest BCUT2D eigenvalue weighted by Gasteiger charge is -2.45. The van der Waals surface area contributed by atoms with Crippen molar-refractivity contribution in [1.29, 1.82) is 5.26 Å². The summed E-state index contributed by atoms with van der Waals surface area (Å²) in [5.74, 6) is 1.00. The highest BCUT2D eigenvalue weighted by Gasteiger charge is 2.36. The molecule has 1 aliphatic carbocycles. The SMILES string of the molecule is CCC1COCCN1C1CC(C)CCC1C#N. The Morgan fingerprint density at radius 2 is 2.24 bits per heavy atom. The molecule has 0 aromatic carbocycles. The molecular formula is C14H24N2O. The fourth-order valence-electron chi connectivity index (χ4n) is 3.32. The molecule has 1 saturated carbocycles. The van der Waals surface area contributed by atoms with Gasteiger partial charge in [0.05, 0.1) is 25.2 Å². The Hall–Kier alpha value is -0.590. The predicted octanol–water partition coefficient (Wildman–Crippen LogP) is 2.43. The van der Waals surface area contributed by atoms with E-state index in [9.17, 15) is 5.26 Å². The molecule has 1 saturated heterocycles. The second kappa shape index (κ2) is 5.84. The molecule has 1 heterocycles. The zero-order chi connectivity index (χ0) is 12.3. The van der Waals surface area contributed by atoms with E-state index < -0.39 is 0 Å². The van der Waals surface area contributed by atoms with Gasteiger partial charge in [0.15, 0.2) is 0 Å². The molecule has 4 atom stereocenters. The fourth-order valence-corrected chi connectivity index (χ4v) is 3.32. The highest BCUT2D eigenvalue weighted by Crippen LogP contribution is 2.33. The van der Waals surface area contributed by atoms with Crippen LogP contribution in [0.5, 0.6) is 0 Å². The molecule has 96 valence electrons. The molecule has 2 rings (SSSR count). The van der Waals surface area contributed by atoms with Crippen molar-refractivity contribution in [3.63, 3.8) is 0 Å². The topological polar surface area (TPSA) is 36.3 Å². The van der Waals surface area contributed by atoms with Gasteiger partial charge in [-0.05, 0) is 31.6 Å². The second-order valence-corrected chi connectivity index (χ2v) is 5.60. The Morgan fingerprint density at radius 1 is 1.41 bits per heavy atom. The van der Waals surface area contributed by atoms with Gasteiger partial charge in [-0.15, -0.1) is 0 Å². The van der Waals surface area contributed by atoms with Crippen LogP contribution in [0.4, 0.5) is 0 Å². The molecular weight excluding hydrogens is 212 g/mol. The largest absolute Gasteiger partial charge is 0.378 e. The highest BCUT2D eigenvalue weighted by molar-refractivity contribution is 4.98. The molecule has 0 N–H and O–H groups in total. The van der Waals surface area contributed by atoms with Crippen LogP contribution in [-0.2, 0) is 4.74 Å². The van der Waals surface area contributed by atoms with Crippen LogP contribution in [0.1, 0.15) is 39.5 Å². The van der Waals surface area contributed by atoms with Crippen LogP contribution >= 0.6 is 0 Å². The third-order valence-corrected chi connectivity index (χ3v) is 4.41. The van der Waals surface area contributed by atoms with E-state index in [2.05, 4.69) is 24.8 Å². The Bertz CT molecular complexity index is 286. The second-order valence-electron chi connectivity index (χ2n) is 5.60. The first kappa shape index (κ1) is 12.9. The zero-order valence-electron chi connectivity index (χ0n) is 11.1. The summed E-state index contributed by atoms with van der Waals surface area (Å²) in [5.41, 5.74) is 0. The average molecular weight is 236 g/mol. The lowest BCUT2D eigenvalue weighted by molar-refractivity contribution is -0.0489. The number of nitriles is 1. The third-order valence-electron chi connectivity index (χ3n) is 4.41. The molecule has 0 aromatic rings. The van der Waals surface area contributed by atoms with Gasteiger partial charge >= 0.3 is 0 Å². The molecule has 3 heteroatoms. The van der Waals surface area contributed by atoms with E-state index in [1.165, 1.54) is 12.8 Å². The molecule has 0 radical (unpaired) electrons. The molecule has 0 amide bonds. The van der Waals surface area contributed by atoms with Gasteiger partial charge < -0.3 is 4.74 Å². The highest BCUT2D eigenvalue weighted by atomic mass is 16.5. The number of hydrogen-bond acceptors (Lipinski definition) is 3. The first-order chi connectivity index (χ1) is 8.26. The van der Waals surface area contributed by atoms with Crippen LogP contribution in [0.2, 0.25) is 0 Å². The van der Waals surface area contributed by atoms with E-state index in [4.69, 9.17) is 4.74 Å². The van der Waals surface area contributed by atoms with Crippen molar-refractivity contribution in [2.75, 3.05) is 19.8 Å². The van der Waals surface area contributed by atoms with Crippen molar-refractivity contribution in [1.82, 2.24) is 4.90 Å². The Kier molecular flexibility index (Phi) is 4.42. The molecule has 17 heavy (non-hydrogen) atoms. The summed E-state index contributed by atoms with van der Waals surface area (Å²) in [6.07, 6.45) is 4.61. The minimum Gasteiger partial charge on any atom is -0.378 e. The Balaban J connectivity index is 2.08. The minimum absolute atomic E-state index is 0.235. The number of rotatable bonds is 2. The van der Waals surface area contributed by atoms with E-state index in [1.807, 2.05) is 0 Å². The third kappa shape index (κ3) is 2.81.